The number of carbonyl (C=O) groups is 1. The molecule has 0 rings (SSSR count). The van der Waals surface area contributed by atoms with Crippen LogP contribution in [0, 0.1) is 11.8 Å². The third kappa shape index (κ3) is 5.89. The summed E-state index contributed by atoms with van der Waals surface area (Å²) in [6.07, 6.45) is 1.01. The molecule has 0 atom stereocenters. The van der Waals surface area contributed by atoms with Gasteiger partial charge in [-0.15, -0.1) is 0 Å². The zero-order valence-corrected chi connectivity index (χ0v) is 7.92. The van der Waals surface area contributed by atoms with Crippen molar-refractivity contribution in [3.8, 4) is 0 Å². The number of hydrogen-bond acceptors (Lipinski definition) is 1. The van der Waals surface area contributed by atoms with E-state index in [1.54, 1.807) is 0 Å². The van der Waals surface area contributed by atoms with Gasteiger partial charge in [0.25, 0.3) is 0 Å². The summed E-state index contributed by atoms with van der Waals surface area (Å²) in [5.41, 5.74) is 0. The Labute approximate surface area is 69.4 Å². The maximum atomic E-state index is 11.0. The van der Waals surface area contributed by atoms with Crippen LogP contribution in [0.5, 0.6) is 0 Å². The molecule has 0 aliphatic carbocycles. The lowest BCUT2D eigenvalue weighted by Gasteiger charge is -2.05. The van der Waals surface area contributed by atoms with Gasteiger partial charge in [0, 0.05) is 12.5 Å². The molecular formula is C9H18NO. The summed E-state index contributed by atoms with van der Waals surface area (Å²) in [4.78, 5) is 11.0. The maximum absolute atomic E-state index is 11.0. The number of nitrogens with zero attached hydrogens (tertiary/aromatic N) is 1. The molecule has 0 saturated heterocycles. The number of amides is 1. The molecule has 0 aromatic heterocycles. The number of carbonyl (C=O) groups excluding carboxylic acids is 1. The van der Waals surface area contributed by atoms with Gasteiger partial charge in [0.15, 0.2) is 0 Å². The lowest BCUT2D eigenvalue weighted by Crippen LogP contribution is -2.22. The fourth-order valence-corrected chi connectivity index (χ4v) is 0.616. The van der Waals surface area contributed by atoms with Crippen LogP contribution in [0.2, 0.25) is 0 Å². The zero-order valence-electron chi connectivity index (χ0n) is 7.92. The first-order valence-corrected chi connectivity index (χ1v) is 4.25. The summed E-state index contributed by atoms with van der Waals surface area (Å²) in [6.45, 7) is 8.71. The van der Waals surface area contributed by atoms with Crippen LogP contribution in [0.15, 0.2) is 0 Å². The Kier molecular flexibility index (Phi) is 4.92. The highest BCUT2D eigenvalue weighted by Gasteiger charge is 2.07. The SMILES string of the molecule is CC(C)CC[N]C(=O)C(C)C. The molecule has 0 saturated carbocycles. The van der Waals surface area contributed by atoms with Crippen molar-refractivity contribution in [1.82, 2.24) is 5.32 Å². The standard InChI is InChI=1S/C9H18NO/c1-7(2)5-6-10-9(11)8(3)4/h7-8H,5-6H2,1-4H3. The van der Waals surface area contributed by atoms with E-state index < -0.39 is 0 Å². The molecule has 1 amide bonds. The molecule has 0 aromatic carbocycles. The van der Waals surface area contributed by atoms with E-state index in [2.05, 4.69) is 19.2 Å². The molecule has 65 valence electrons. The second kappa shape index (κ2) is 5.16. The highest BCUT2D eigenvalue weighted by atomic mass is 16.1. The Morgan fingerprint density at radius 3 is 2.18 bits per heavy atom. The molecule has 0 N–H and O–H groups in total. The van der Waals surface area contributed by atoms with Gasteiger partial charge in [-0.3, -0.25) is 10.1 Å². The van der Waals surface area contributed by atoms with Crippen molar-refractivity contribution < 1.29 is 4.79 Å². The van der Waals surface area contributed by atoms with Crippen LogP contribution in [0.3, 0.4) is 0 Å². The van der Waals surface area contributed by atoms with Crippen LogP contribution in [0.4, 0.5) is 0 Å². The fourth-order valence-electron chi connectivity index (χ4n) is 0.616. The zero-order chi connectivity index (χ0) is 8.85. The maximum Gasteiger partial charge on any atom is 0.243 e. The van der Waals surface area contributed by atoms with Crippen LogP contribution in [0.1, 0.15) is 34.1 Å². The first-order valence-electron chi connectivity index (χ1n) is 4.25. The van der Waals surface area contributed by atoms with Crippen molar-refractivity contribution in [2.24, 2.45) is 11.8 Å². The minimum atomic E-state index is 0.0330. The summed E-state index contributed by atoms with van der Waals surface area (Å²) in [5.74, 6) is 0.728. The summed E-state index contributed by atoms with van der Waals surface area (Å²) < 4.78 is 0. The molecule has 0 heterocycles. The Morgan fingerprint density at radius 2 is 1.82 bits per heavy atom. The molecule has 1 radical (unpaired) electrons. The van der Waals surface area contributed by atoms with Crippen molar-refractivity contribution >= 4 is 5.91 Å². The normalized spacial score (nSPS) is 10.7. The molecular weight excluding hydrogens is 138 g/mol. The van der Waals surface area contributed by atoms with E-state index in [0.717, 1.165) is 6.42 Å². The third-order valence-electron chi connectivity index (χ3n) is 1.47. The highest BCUT2D eigenvalue weighted by molar-refractivity contribution is 5.77. The van der Waals surface area contributed by atoms with Crippen LogP contribution in [-0.2, 0) is 4.79 Å². The van der Waals surface area contributed by atoms with E-state index in [9.17, 15) is 4.79 Å². The Morgan fingerprint density at radius 1 is 1.27 bits per heavy atom. The smallest absolute Gasteiger partial charge is 0.243 e. The molecule has 0 unspecified atom stereocenters. The van der Waals surface area contributed by atoms with Crippen molar-refractivity contribution in [1.29, 1.82) is 0 Å². The molecule has 2 heteroatoms. The predicted octanol–water partition coefficient (Wildman–Crippen LogP) is 1.82. The van der Waals surface area contributed by atoms with Crippen LogP contribution >= 0.6 is 0 Å². The van der Waals surface area contributed by atoms with Crippen LogP contribution in [-0.4, -0.2) is 12.5 Å². The molecule has 0 aliphatic rings. The Bertz CT molecular complexity index is 119. The van der Waals surface area contributed by atoms with E-state index in [4.69, 9.17) is 0 Å². The number of rotatable bonds is 4. The molecule has 11 heavy (non-hydrogen) atoms. The monoisotopic (exact) mass is 156 g/mol. The van der Waals surface area contributed by atoms with Crippen molar-refractivity contribution in [3.63, 3.8) is 0 Å². The first kappa shape index (κ1) is 10.5. The molecule has 0 spiro atoms. The highest BCUT2D eigenvalue weighted by Crippen LogP contribution is 1.98. The second-order valence-electron chi connectivity index (χ2n) is 3.56. The second-order valence-corrected chi connectivity index (χ2v) is 3.56. The summed E-state index contributed by atoms with van der Waals surface area (Å²) in [5, 5.41) is 3.92. The van der Waals surface area contributed by atoms with Crippen molar-refractivity contribution in [2.45, 2.75) is 34.1 Å². The molecule has 2 nitrogen and oxygen atoms in total. The van der Waals surface area contributed by atoms with Crippen LogP contribution < -0.4 is 5.32 Å². The van der Waals surface area contributed by atoms with Gasteiger partial charge < -0.3 is 0 Å². The fraction of sp³-hybridized carbons (Fsp3) is 0.889. The summed E-state index contributed by atoms with van der Waals surface area (Å²) in [7, 11) is 0. The summed E-state index contributed by atoms with van der Waals surface area (Å²) in [6, 6.07) is 0. The van der Waals surface area contributed by atoms with Gasteiger partial charge in [0.2, 0.25) is 5.91 Å². The van der Waals surface area contributed by atoms with Gasteiger partial charge in [-0.2, -0.15) is 0 Å². The molecule has 0 aromatic rings. The Hall–Kier alpha value is -0.530. The first-order chi connectivity index (χ1) is 5.04. The summed E-state index contributed by atoms with van der Waals surface area (Å²) >= 11 is 0. The van der Waals surface area contributed by atoms with Crippen LogP contribution in [0.25, 0.3) is 0 Å². The average molecular weight is 156 g/mol. The molecule has 0 bridgehead atoms. The average Bonchev–Trinajstić information content (AvgIpc) is 1.86. The molecule has 0 fully saturated rings. The van der Waals surface area contributed by atoms with Crippen molar-refractivity contribution in [2.75, 3.05) is 6.54 Å². The van der Waals surface area contributed by atoms with E-state index in [-0.39, 0.29) is 11.8 Å². The van der Waals surface area contributed by atoms with E-state index in [1.807, 2.05) is 13.8 Å². The lowest BCUT2D eigenvalue weighted by atomic mass is 10.1. The minimum Gasteiger partial charge on any atom is -0.273 e. The van der Waals surface area contributed by atoms with Gasteiger partial charge in [-0.1, -0.05) is 27.7 Å². The van der Waals surface area contributed by atoms with E-state index in [1.165, 1.54) is 0 Å². The predicted molar refractivity (Wildman–Crippen MR) is 46.3 cm³/mol. The van der Waals surface area contributed by atoms with Gasteiger partial charge in [0.1, 0.15) is 0 Å². The van der Waals surface area contributed by atoms with Gasteiger partial charge in [-0.05, 0) is 12.3 Å². The largest absolute Gasteiger partial charge is 0.273 e. The molecule has 0 aliphatic heterocycles. The topological polar surface area (TPSA) is 31.2 Å². The number of hydrogen-bond donors (Lipinski definition) is 0. The van der Waals surface area contributed by atoms with Gasteiger partial charge in [0.05, 0.1) is 0 Å². The van der Waals surface area contributed by atoms with Crippen molar-refractivity contribution in [3.05, 3.63) is 0 Å². The third-order valence-corrected chi connectivity index (χ3v) is 1.47. The van der Waals surface area contributed by atoms with Gasteiger partial charge in [-0.25, -0.2) is 0 Å². The van der Waals surface area contributed by atoms with E-state index >= 15 is 0 Å². The lowest BCUT2D eigenvalue weighted by molar-refractivity contribution is -0.124. The van der Waals surface area contributed by atoms with Gasteiger partial charge >= 0.3 is 0 Å². The van der Waals surface area contributed by atoms with E-state index in [0.29, 0.717) is 12.5 Å². The quantitative estimate of drug-likeness (QED) is 0.610. The minimum absolute atomic E-state index is 0.0330. The Balaban J connectivity index is 3.32.